The fraction of sp³-hybridized carbons (Fsp3) is 0.947. The Morgan fingerprint density at radius 1 is 0.857 bits per heavy atom. The Morgan fingerprint density at radius 3 is 1.48 bits per heavy atom. The van der Waals surface area contributed by atoms with E-state index in [0.29, 0.717) is 5.78 Å². The number of nitrogens with one attached hydrogen (secondary N) is 1. The van der Waals surface area contributed by atoms with E-state index in [0.717, 1.165) is 6.42 Å². The summed E-state index contributed by atoms with van der Waals surface area (Å²) < 4.78 is 0. The second-order valence-electron chi connectivity index (χ2n) is 9.90. The molecule has 2 heteroatoms. The van der Waals surface area contributed by atoms with E-state index < -0.39 is 0 Å². The number of hydrogen-bond donors (Lipinski definition) is 1. The molecule has 0 spiro atoms. The number of carbonyl (C=O) groups is 1. The SMILES string of the molecule is C.CC(C)(C)NC(CC(C)(C)C(C)(C)C)C(=O)C(C)(C)C. The molecule has 0 radical (unpaired) electrons. The van der Waals surface area contributed by atoms with Crippen LogP contribution in [0.2, 0.25) is 0 Å². The molecule has 128 valence electrons. The van der Waals surface area contributed by atoms with Crippen LogP contribution in [0, 0.1) is 16.2 Å². The molecule has 0 aromatic heterocycles. The van der Waals surface area contributed by atoms with Crippen molar-refractivity contribution in [2.45, 2.75) is 102 Å². The standard InChI is InChI=1S/C18H37NO.CH4/c1-15(2,3)14(20)13(19-17(7,8)9)12-18(10,11)16(4,5)6;/h13,19H,12H2,1-11H3;1H4. The lowest BCUT2D eigenvalue weighted by Crippen LogP contribution is -2.53. The van der Waals surface area contributed by atoms with Gasteiger partial charge in [-0.3, -0.25) is 4.79 Å². The first-order valence-corrected chi connectivity index (χ1v) is 7.79. The highest BCUT2D eigenvalue weighted by molar-refractivity contribution is 5.88. The van der Waals surface area contributed by atoms with E-state index in [1.54, 1.807) is 0 Å². The summed E-state index contributed by atoms with van der Waals surface area (Å²) in [6.07, 6.45) is 0.865. The molecule has 0 aliphatic heterocycles. The van der Waals surface area contributed by atoms with Gasteiger partial charge in [0.25, 0.3) is 0 Å². The molecule has 0 saturated carbocycles. The molecule has 0 aliphatic carbocycles. The summed E-state index contributed by atoms with van der Waals surface area (Å²) in [5.74, 6) is 0.310. The van der Waals surface area contributed by atoms with Crippen LogP contribution in [0.4, 0.5) is 0 Å². The Hall–Kier alpha value is -0.370. The third-order valence-electron chi connectivity index (χ3n) is 4.41. The van der Waals surface area contributed by atoms with Gasteiger partial charge in [0.2, 0.25) is 0 Å². The van der Waals surface area contributed by atoms with Crippen molar-refractivity contribution in [3.05, 3.63) is 0 Å². The van der Waals surface area contributed by atoms with Gasteiger partial charge in [-0.25, -0.2) is 0 Å². The van der Waals surface area contributed by atoms with Crippen LogP contribution >= 0.6 is 0 Å². The molecule has 2 nitrogen and oxygen atoms in total. The number of rotatable bonds is 4. The highest BCUT2D eigenvalue weighted by Crippen LogP contribution is 2.42. The van der Waals surface area contributed by atoms with E-state index in [1.807, 2.05) is 20.8 Å². The van der Waals surface area contributed by atoms with Gasteiger partial charge in [0.05, 0.1) is 6.04 Å². The lowest BCUT2D eigenvalue weighted by Gasteiger charge is -2.43. The molecular formula is C19H41NO. The molecule has 0 aliphatic rings. The Balaban J connectivity index is 0. The van der Waals surface area contributed by atoms with Crippen LogP contribution in [-0.4, -0.2) is 17.4 Å². The van der Waals surface area contributed by atoms with Gasteiger partial charge < -0.3 is 5.32 Å². The predicted molar refractivity (Wildman–Crippen MR) is 95.7 cm³/mol. The summed E-state index contributed by atoms with van der Waals surface area (Å²) in [4.78, 5) is 12.8. The summed E-state index contributed by atoms with van der Waals surface area (Å²) >= 11 is 0. The van der Waals surface area contributed by atoms with Crippen molar-refractivity contribution in [1.29, 1.82) is 0 Å². The number of ketones is 1. The first-order valence-electron chi connectivity index (χ1n) is 7.79. The second-order valence-corrected chi connectivity index (χ2v) is 9.90. The van der Waals surface area contributed by atoms with Crippen molar-refractivity contribution in [1.82, 2.24) is 5.32 Å². The maximum absolute atomic E-state index is 12.8. The first kappa shape index (κ1) is 22.9. The van der Waals surface area contributed by atoms with Gasteiger partial charge in [0.15, 0.2) is 5.78 Å². The van der Waals surface area contributed by atoms with Gasteiger partial charge in [-0.1, -0.05) is 62.8 Å². The Kier molecular flexibility index (Phi) is 7.43. The molecule has 0 fully saturated rings. The molecule has 0 aromatic rings. The lowest BCUT2D eigenvalue weighted by atomic mass is 9.64. The zero-order chi connectivity index (χ0) is 16.6. The maximum Gasteiger partial charge on any atom is 0.155 e. The third-order valence-corrected chi connectivity index (χ3v) is 4.41. The normalized spacial score (nSPS) is 15.4. The van der Waals surface area contributed by atoms with Gasteiger partial charge in [-0.05, 0) is 38.0 Å². The van der Waals surface area contributed by atoms with Gasteiger partial charge in [-0.15, -0.1) is 0 Å². The van der Waals surface area contributed by atoms with Crippen molar-refractivity contribution >= 4 is 5.78 Å². The van der Waals surface area contributed by atoms with Gasteiger partial charge in [0, 0.05) is 11.0 Å². The zero-order valence-electron chi connectivity index (χ0n) is 15.7. The van der Waals surface area contributed by atoms with Crippen molar-refractivity contribution in [2.75, 3.05) is 0 Å². The summed E-state index contributed by atoms with van der Waals surface area (Å²) in [5.41, 5.74) is -0.101. The molecule has 0 saturated heterocycles. The number of carbonyl (C=O) groups excluding carboxylic acids is 1. The Labute approximate surface area is 134 Å². The average molecular weight is 300 g/mol. The minimum atomic E-state index is -0.309. The molecule has 0 bridgehead atoms. The molecule has 0 amide bonds. The van der Waals surface area contributed by atoms with Crippen LogP contribution in [0.3, 0.4) is 0 Å². The first-order chi connectivity index (χ1) is 8.47. The van der Waals surface area contributed by atoms with Crippen LogP contribution in [-0.2, 0) is 4.79 Å². The van der Waals surface area contributed by atoms with Crippen LogP contribution < -0.4 is 5.32 Å². The number of hydrogen-bond acceptors (Lipinski definition) is 2. The molecule has 21 heavy (non-hydrogen) atoms. The molecule has 1 atom stereocenters. The van der Waals surface area contributed by atoms with Crippen molar-refractivity contribution < 1.29 is 4.79 Å². The van der Waals surface area contributed by atoms with E-state index in [-0.39, 0.29) is 35.3 Å². The zero-order valence-corrected chi connectivity index (χ0v) is 15.7. The third kappa shape index (κ3) is 7.44. The van der Waals surface area contributed by atoms with Crippen molar-refractivity contribution in [3.63, 3.8) is 0 Å². The van der Waals surface area contributed by atoms with E-state index in [2.05, 4.69) is 60.7 Å². The average Bonchev–Trinajstić information content (AvgIpc) is 2.09. The largest absolute Gasteiger partial charge is 0.303 e. The fourth-order valence-corrected chi connectivity index (χ4v) is 2.07. The van der Waals surface area contributed by atoms with Gasteiger partial charge in [0.1, 0.15) is 0 Å². The van der Waals surface area contributed by atoms with E-state index >= 15 is 0 Å². The van der Waals surface area contributed by atoms with Crippen molar-refractivity contribution in [3.8, 4) is 0 Å². The van der Waals surface area contributed by atoms with E-state index in [4.69, 9.17) is 0 Å². The summed E-state index contributed by atoms with van der Waals surface area (Å²) in [6.45, 7) is 23.7. The molecule has 1 unspecified atom stereocenters. The smallest absolute Gasteiger partial charge is 0.155 e. The molecule has 0 rings (SSSR count). The van der Waals surface area contributed by atoms with Crippen molar-refractivity contribution in [2.24, 2.45) is 16.2 Å². The summed E-state index contributed by atoms with van der Waals surface area (Å²) in [5, 5.41) is 3.54. The fourth-order valence-electron chi connectivity index (χ4n) is 2.07. The Bertz CT molecular complexity index is 334. The van der Waals surface area contributed by atoms with Crippen LogP contribution in [0.1, 0.15) is 90.0 Å². The second kappa shape index (κ2) is 6.81. The summed E-state index contributed by atoms with van der Waals surface area (Å²) in [6, 6.07) is -0.0933. The maximum atomic E-state index is 12.8. The molecule has 0 heterocycles. The lowest BCUT2D eigenvalue weighted by molar-refractivity contribution is -0.130. The highest BCUT2D eigenvalue weighted by atomic mass is 16.1. The minimum Gasteiger partial charge on any atom is -0.303 e. The monoisotopic (exact) mass is 299 g/mol. The molecular weight excluding hydrogens is 258 g/mol. The quantitative estimate of drug-likeness (QED) is 0.747. The molecule has 0 aromatic carbocycles. The Morgan fingerprint density at radius 2 is 1.24 bits per heavy atom. The highest BCUT2D eigenvalue weighted by Gasteiger charge is 2.40. The predicted octanol–water partition coefficient (Wildman–Crippen LogP) is 5.46. The van der Waals surface area contributed by atoms with E-state index in [9.17, 15) is 4.79 Å². The van der Waals surface area contributed by atoms with E-state index in [1.165, 1.54) is 0 Å². The van der Waals surface area contributed by atoms with Gasteiger partial charge in [-0.2, -0.15) is 0 Å². The minimum absolute atomic E-state index is 0. The topological polar surface area (TPSA) is 29.1 Å². The van der Waals surface area contributed by atoms with Crippen LogP contribution in [0.25, 0.3) is 0 Å². The molecule has 1 N–H and O–H groups in total. The van der Waals surface area contributed by atoms with Gasteiger partial charge >= 0.3 is 0 Å². The van der Waals surface area contributed by atoms with Crippen LogP contribution in [0.5, 0.6) is 0 Å². The van der Waals surface area contributed by atoms with Crippen LogP contribution in [0.15, 0.2) is 0 Å². The summed E-state index contributed by atoms with van der Waals surface area (Å²) in [7, 11) is 0. The number of Topliss-reactive ketones (excluding diaryl/α,β-unsaturated/α-hetero) is 1.